The molecular weight excluding hydrogens is 298 g/mol. The van der Waals surface area contributed by atoms with Crippen LogP contribution in [0.25, 0.3) is 0 Å². The molecule has 0 radical (unpaired) electrons. The number of benzene rings is 2. The Morgan fingerprint density at radius 1 is 1.23 bits per heavy atom. The predicted octanol–water partition coefficient (Wildman–Crippen LogP) is 3.07. The molecule has 0 bridgehead atoms. The lowest BCUT2D eigenvalue weighted by molar-refractivity contribution is -0.117. The van der Waals surface area contributed by atoms with E-state index < -0.39 is 6.17 Å². The molecule has 0 spiro atoms. The average molecular weight is 314 g/mol. The Morgan fingerprint density at radius 3 is 2.73 bits per heavy atom. The number of halogens is 1. The lowest BCUT2D eigenvalue weighted by Gasteiger charge is -2.11. The van der Waals surface area contributed by atoms with Gasteiger partial charge in [0.2, 0.25) is 0 Å². The van der Waals surface area contributed by atoms with E-state index >= 15 is 0 Å². The van der Waals surface area contributed by atoms with Crippen molar-refractivity contribution in [2.24, 2.45) is 4.99 Å². The van der Waals surface area contributed by atoms with E-state index in [-0.39, 0.29) is 5.91 Å². The van der Waals surface area contributed by atoms with E-state index in [4.69, 9.17) is 11.6 Å². The van der Waals surface area contributed by atoms with E-state index in [2.05, 4.69) is 15.6 Å². The second kappa shape index (κ2) is 6.30. The van der Waals surface area contributed by atoms with E-state index in [1.807, 2.05) is 49.4 Å². The van der Waals surface area contributed by atoms with E-state index in [0.717, 1.165) is 22.5 Å². The van der Waals surface area contributed by atoms with Crippen LogP contribution in [0.15, 0.2) is 53.5 Å². The number of benzodiazepines with no additional fused rings is 1. The number of rotatable bonds is 3. The Balaban J connectivity index is 2.18. The van der Waals surface area contributed by atoms with Crippen LogP contribution in [0.1, 0.15) is 18.1 Å². The lowest BCUT2D eigenvalue weighted by atomic mass is 10.0. The summed E-state index contributed by atoms with van der Waals surface area (Å²) < 4.78 is 0. The van der Waals surface area contributed by atoms with Crippen molar-refractivity contribution in [1.29, 1.82) is 0 Å². The standard InChI is InChI=1S/C17H16ClN3O/c1-2-19-16-17(22)20-14-9-8-12(18)10-13(14)15(21-16)11-6-4-3-5-7-11/h3-10,16,19H,2H2,1H3,(H,20,22). The van der Waals surface area contributed by atoms with Gasteiger partial charge in [-0.1, -0.05) is 48.9 Å². The monoisotopic (exact) mass is 313 g/mol. The van der Waals surface area contributed by atoms with Gasteiger partial charge in [-0.05, 0) is 24.7 Å². The zero-order valence-corrected chi connectivity index (χ0v) is 12.9. The van der Waals surface area contributed by atoms with Gasteiger partial charge in [-0.2, -0.15) is 0 Å². The van der Waals surface area contributed by atoms with Crippen LogP contribution in [0.2, 0.25) is 5.02 Å². The molecule has 1 heterocycles. The molecule has 2 N–H and O–H groups in total. The quantitative estimate of drug-likeness (QED) is 0.915. The van der Waals surface area contributed by atoms with Gasteiger partial charge in [-0.25, -0.2) is 0 Å². The Hall–Kier alpha value is -2.17. The highest BCUT2D eigenvalue weighted by molar-refractivity contribution is 6.32. The lowest BCUT2D eigenvalue weighted by Crippen LogP contribution is -2.38. The third kappa shape index (κ3) is 2.89. The molecule has 5 heteroatoms. The second-order valence-corrected chi connectivity index (χ2v) is 5.42. The van der Waals surface area contributed by atoms with Crippen molar-refractivity contribution in [2.75, 3.05) is 11.9 Å². The smallest absolute Gasteiger partial charge is 0.263 e. The highest BCUT2D eigenvalue weighted by atomic mass is 35.5. The molecular formula is C17H16ClN3O. The van der Waals surface area contributed by atoms with Gasteiger partial charge in [0, 0.05) is 16.1 Å². The minimum absolute atomic E-state index is 0.170. The molecule has 3 rings (SSSR count). The first-order valence-electron chi connectivity index (χ1n) is 7.16. The number of carbonyl (C=O) groups is 1. The molecule has 0 saturated carbocycles. The van der Waals surface area contributed by atoms with Gasteiger partial charge in [0.05, 0.1) is 11.4 Å². The van der Waals surface area contributed by atoms with E-state index in [1.54, 1.807) is 6.07 Å². The molecule has 22 heavy (non-hydrogen) atoms. The number of nitrogens with zero attached hydrogens (tertiary/aromatic N) is 1. The molecule has 0 fully saturated rings. The Morgan fingerprint density at radius 2 is 2.00 bits per heavy atom. The molecule has 2 aromatic carbocycles. The fourth-order valence-electron chi connectivity index (χ4n) is 2.44. The van der Waals surface area contributed by atoms with Crippen molar-refractivity contribution in [1.82, 2.24) is 5.32 Å². The Bertz CT molecular complexity index is 728. The Kier molecular flexibility index (Phi) is 4.22. The molecule has 0 aromatic heterocycles. The van der Waals surface area contributed by atoms with Crippen molar-refractivity contribution in [3.63, 3.8) is 0 Å². The molecule has 1 atom stereocenters. The first-order chi connectivity index (χ1) is 10.7. The number of carbonyl (C=O) groups excluding carboxylic acids is 1. The van der Waals surface area contributed by atoms with Crippen molar-refractivity contribution in [3.05, 3.63) is 64.7 Å². The van der Waals surface area contributed by atoms with Gasteiger partial charge in [0.25, 0.3) is 5.91 Å². The largest absolute Gasteiger partial charge is 0.322 e. The van der Waals surface area contributed by atoms with Crippen molar-refractivity contribution in [2.45, 2.75) is 13.1 Å². The summed E-state index contributed by atoms with van der Waals surface area (Å²) in [5, 5.41) is 6.61. The van der Waals surface area contributed by atoms with Gasteiger partial charge in [-0.3, -0.25) is 15.1 Å². The molecule has 1 amide bonds. The summed E-state index contributed by atoms with van der Waals surface area (Å²) in [6.45, 7) is 2.60. The normalized spacial score (nSPS) is 17.3. The molecule has 112 valence electrons. The van der Waals surface area contributed by atoms with Gasteiger partial charge in [0.1, 0.15) is 0 Å². The first kappa shape index (κ1) is 14.8. The van der Waals surface area contributed by atoms with Gasteiger partial charge in [0.15, 0.2) is 6.17 Å². The zero-order valence-electron chi connectivity index (χ0n) is 12.1. The zero-order chi connectivity index (χ0) is 15.5. The van der Waals surface area contributed by atoms with Gasteiger partial charge < -0.3 is 5.32 Å². The number of hydrogen-bond donors (Lipinski definition) is 2. The van der Waals surface area contributed by atoms with Crippen LogP contribution in [0.5, 0.6) is 0 Å². The minimum Gasteiger partial charge on any atom is -0.322 e. The minimum atomic E-state index is -0.619. The molecule has 2 aromatic rings. The predicted molar refractivity (Wildman–Crippen MR) is 89.6 cm³/mol. The number of likely N-dealkylation sites (N-methyl/N-ethyl adjacent to an activating group) is 1. The fraction of sp³-hybridized carbons (Fsp3) is 0.176. The highest BCUT2D eigenvalue weighted by Gasteiger charge is 2.25. The number of anilines is 1. The topological polar surface area (TPSA) is 53.5 Å². The molecule has 1 unspecified atom stereocenters. The van der Waals surface area contributed by atoms with E-state index in [9.17, 15) is 4.79 Å². The van der Waals surface area contributed by atoms with Gasteiger partial charge in [-0.15, -0.1) is 0 Å². The second-order valence-electron chi connectivity index (χ2n) is 4.98. The maximum Gasteiger partial charge on any atom is 0.263 e. The van der Waals surface area contributed by atoms with E-state index in [0.29, 0.717) is 11.6 Å². The van der Waals surface area contributed by atoms with Crippen molar-refractivity contribution >= 4 is 28.9 Å². The summed E-state index contributed by atoms with van der Waals surface area (Å²) in [6.07, 6.45) is -0.619. The summed E-state index contributed by atoms with van der Waals surface area (Å²) in [5.41, 5.74) is 3.25. The van der Waals surface area contributed by atoms with E-state index in [1.165, 1.54) is 0 Å². The van der Waals surface area contributed by atoms with Crippen LogP contribution in [0.4, 0.5) is 5.69 Å². The first-order valence-corrected chi connectivity index (χ1v) is 7.54. The number of hydrogen-bond acceptors (Lipinski definition) is 3. The highest BCUT2D eigenvalue weighted by Crippen LogP contribution is 2.26. The summed E-state index contributed by atoms with van der Waals surface area (Å²) in [7, 11) is 0. The number of amides is 1. The van der Waals surface area contributed by atoms with Crippen molar-refractivity contribution < 1.29 is 4.79 Å². The summed E-state index contributed by atoms with van der Waals surface area (Å²) in [5.74, 6) is -0.170. The van der Waals surface area contributed by atoms with Crippen LogP contribution in [0.3, 0.4) is 0 Å². The third-order valence-corrected chi connectivity index (χ3v) is 3.68. The molecule has 4 nitrogen and oxygen atoms in total. The van der Waals surface area contributed by atoms with Crippen LogP contribution < -0.4 is 10.6 Å². The number of aliphatic imine (C=N–C) groups is 1. The van der Waals surface area contributed by atoms with Crippen LogP contribution in [0, 0.1) is 0 Å². The Labute approximate surface area is 134 Å². The molecule has 0 saturated heterocycles. The van der Waals surface area contributed by atoms with Crippen LogP contribution in [-0.4, -0.2) is 24.3 Å². The SMILES string of the molecule is CCNC1N=C(c2ccccc2)c2cc(Cl)ccc2NC1=O. The van der Waals surface area contributed by atoms with Crippen molar-refractivity contribution in [3.8, 4) is 0 Å². The molecule has 1 aliphatic rings. The summed E-state index contributed by atoms with van der Waals surface area (Å²) in [4.78, 5) is 16.9. The maximum absolute atomic E-state index is 12.3. The molecule has 0 aliphatic carbocycles. The molecule has 1 aliphatic heterocycles. The summed E-state index contributed by atoms with van der Waals surface area (Å²) >= 11 is 6.13. The number of nitrogens with one attached hydrogen (secondary N) is 2. The van der Waals surface area contributed by atoms with Crippen LogP contribution >= 0.6 is 11.6 Å². The van der Waals surface area contributed by atoms with Gasteiger partial charge >= 0.3 is 0 Å². The number of fused-ring (bicyclic) bond motifs is 1. The van der Waals surface area contributed by atoms with Crippen LogP contribution in [-0.2, 0) is 4.79 Å². The third-order valence-electron chi connectivity index (χ3n) is 3.45. The fourth-order valence-corrected chi connectivity index (χ4v) is 2.61. The maximum atomic E-state index is 12.3. The summed E-state index contributed by atoms with van der Waals surface area (Å²) in [6, 6.07) is 15.2. The average Bonchev–Trinajstić information content (AvgIpc) is 2.66.